The number of phenolic OH excluding ortho intramolecular Hbond substituents is 1. The van der Waals surface area contributed by atoms with Gasteiger partial charge in [-0.15, -0.1) is 0 Å². The van der Waals surface area contributed by atoms with Gasteiger partial charge in [-0.25, -0.2) is 0 Å². The highest BCUT2D eigenvalue weighted by molar-refractivity contribution is 5.38. The minimum Gasteiger partial charge on any atom is -0.508 e. The highest BCUT2D eigenvalue weighted by Gasteiger charge is 2.04. The molecule has 0 saturated carbocycles. The van der Waals surface area contributed by atoms with Crippen LogP contribution in [0.15, 0.2) is 42.5 Å². The molecule has 0 fully saturated rings. The number of hydrogen-bond donors (Lipinski definition) is 2. The Kier molecular flexibility index (Phi) is 16.4. The smallest absolute Gasteiger partial charge is 0.123 e. The first-order valence-electron chi connectivity index (χ1n) is 12.3. The minimum atomic E-state index is 0.0228. The van der Waals surface area contributed by atoms with E-state index in [1.54, 1.807) is 19.2 Å². The Hall–Kier alpha value is -2.40. The molecule has 0 atom stereocenters. The second-order valence-electron chi connectivity index (χ2n) is 7.82. The first-order valence-corrected chi connectivity index (χ1v) is 12.3. The predicted molar refractivity (Wildman–Crippen MR) is 135 cm³/mol. The van der Waals surface area contributed by atoms with Crippen molar-refractivity contribution >= 4 is 0 Å². The Bertz CT molecular complexity index is 798. The summed E-state index contributed by atoms with van der Waals surface area (Å²) in [5.74, 6) is 1.65. The van der Waals surface area contributed by atoms with Crippen LogP contribution in [0, 0.1) is 0 Å². The first-order chi connectivity index (χ1) is 17.7. The molecule has 2 N–H and O–H groups in total. The van der Waals surface area contributed by atoms with Crippen molar-refractivity contribution < 1.29 is 43.4 Å². The van der Waals surface area contributed by atoms with Gasteiger partial charge in [0, 0.05) is 6.07 Å². The van der Waals surface area contributed by atoms with Gasteiger partial charge in [0.1, 0.15) is 23.9 Å². The summed E-state index contributed by atoms with van der Waals surface area (Å²) in [6, 6.07) is 13.3. The van der Waals surface area contributed by atoms with Crippen LogP contribution in [0.3, 0.4) is 0 Å². The fourth-order valence-corrected chi connectivity index (χ4v) is 3.22. The largest absolute Gasteiger partial charge is 0.508 e. The molecule has 0 aromatic heterocycles. The van der Waals surface area contributed by atoms with Gasteiger partial charge in [0.2, 0.25) is 0 Å². The number of aliphatic hydroxyl groups is 1. The van der Waals surface area contributed by atoms with Crippen LogP contribution >= 0.6 is 0 Å². The van der Waals surface area contributed by atoms with Gasteiger partial charge in [-0.3, -0.25) is 0 Å². The highest BCUT2D eigenvalue weighted by Crippen LogP contribution is 2.23. The second-order valence-corrected chi connectivity index (χ2v) is 7.82. The van der Waals surface area contributed by atoms with E-state index in [0.717, 1.165) is 24.2 Å². The van der Waals surface area contributed by atoms with Crippen molar-refractivity contribution in [3.63, 3.8) is 0 Å². The van der Waals surface area contributed by atoms with Crippen LogP contribution in [0.25, 0.3) is 0 Å². The predicted octanol–water partition coefficient (Wildman–Crippen LogP) is 2.64. The summed E-state index contributed by atoms with van der Waals surface area (Å²) in [4.78, 5) is 0. The average molecular weight is 509 g/mol. The molecule has 0 aliphatic carbocycles. The van der Waals surface area contributed by atoms with E-state index in [9.17, 15) is 5.11 Å². The van der Waals surface area contributed by atoms with Crippen LogP contribution in [0.2, 0.25) is 0 Å². The van der Waals surface area contributed by atoms with Crippen LogP contribution < -0.4 is 9.47 Å². The summed E-state index contributed by atoms with van der Waals surface area (Å²) in [6.45, 7) is 5.03. The van der Waals surface area contributed by atoms with Crippen molar-refractivity contribution in [3.05, 3.63) is 53.6 Å². The van der Waals surface area contributed by atoms with Gasteiger partial charge >= 0.3 is 0 Å². The number of aromatic hydroxyl groups is 1. The molecule has 0 aliphatic heterocycles. The number of rotatable bonds is 22. The van der Waals surface area contributed by atoms with E-state index < -0.39 is 0 Å². The molecule has 2 rings (SSSR count). The van der Waals surface area contributed by atoms with Crippen molar-refractivity contribution in [2.75, 3.05) is 86.4 Å². The van der Waals surface area contributed by atoms with Crippen molar-refractivity contribution in [1.82, 2.24) is 0 Å². The third kappa shape index (κ3) is 14.2. The molecule has 0 aliphatic rings. The molecule has 0 bridgehead atoms. The maximum absolute atomic E-state index is 10.0. The van der Waals surface area contributed by atoms with Gasteiger partial charge in [-0.2, -0.15) is 0 Å². The number of hydrogen-bond acceptors (Lipinski definition) is 9. The Morgan fingerprint density at radius 2 is 1.06 bits per heavy atom. The van der Waals surface area contributed by atoms with Gasteiger partial charge in [-0.1, -0.05) is 12.1 Å². The summed E-state index contributed by atoms with van der Waals surface area (Å²) in [7, 11) is 1.65. The summed E-state index contributed by atoms with van der Waals surface area (Å²) in [5.41, 5.74) is 2.21. The number of phenols is 1. The topological polar surface area (TPSA) is 105 Å². The molecule has 0 saturated heterocycles. The number of methoxy groups -OCH3 is 1. The molecule has 0 heterocycles. The first kappa shape index (κ1) is 29.8. The second kappa shape index (κ2) is 19.7. The van der Waals surface area contributed by atoms with Gasteiger partial charge in [-0.05, 0) is 48.2 Å². The normalized spacial score (nSPS) is 11.1. The van der Waals surface area contributed by atoms with E-state index in [1.165, 1.54) is 5.56 Å². The lowest BCUT2D eigenvalue weighted by Crippen LogP contribution is -2.14. The Morgan fingerprint density at radius 3 is 1.58 bits per heavy atom. The van der Waals surface area contributed by atoms with Crippen molar-refractivity contribution in [2.45, 2.75) is 12.8 Å². The zero-order valence-corrected chi connectivity index (χ0v) is 21.2. The van der Waals surface area contributed by atoms with Crippen LogP contribution in [0.1, 0.15) is 11.1 Å². The fraction of sp³-hybridized carbons (Fsp3) is 0.556. The van der Waals surface area contributed by atoms with Crippen molar-refractivity contribution in [2.24, 2.45) is 0 Å². The van der Waals surface area contributed by atoms with Gasteiger partial charge in [0.15, 0.2) is 0 Å². The summed E-state index contributed by atoms with van der Waals surface area (Å²) >= 11 is 0. The molecule has 202 valence electrons. The molecular formula is C27H40O9. The third-order valence-electron chi connectivity index (χ3n) is 5.03. The zero-order chi connectivity index (χ0) is 25.7. The molecule has 9 heteroatoms. The Morgan fingerprint density at radius 1 is 0.556 bits per heavy atom. The minimum absolute atomic E-state index is 0.0228. The standard InChI is InChI=1S/C27H40O9/c1-30-26-6-4-23(5-7-26)2-3-24-20-25(29)22-27(21-24)36-19-18-35-17-16-34-15-14-33-13-12-32-11-10-31-9-8-28/h4-7,20-22,28-29H,2-3,8-19H2,1H3. The molecule has 9 nitrogen and oxygen atoms in total. The van der Waals surface area contributed by atoms with Gasteiger partial charge in [0.25, 0.3) is 0 Å². The van der Waals surface area contributed by atoms with E-state index in [-0.39, 0.29) is 12.4 Å². The van der Waals surface area contributed by atoms with Crippen molar-refractivity contribution in [3.8, 4) is 17.2 Å². The van der Waals surface area contributed by atoms with Crippen LogP contribution in [0.5, 0.6) is 17.2 Å². The number of aryl methyl sites for hydroxylation is 2. The molecular weight excluding hydrogens is 468 g/mol. The maximum atomic E-state index is 10.0. The maximum Gasteiger partial charge on any atom is 0.123 e. The third-order valence-corrected chi connectivity index (χ3v) is 5.03. The lowest BCUT2D eigenvalue weighted by molar-refractivity contribution is -0.0146. The molecule has 0 radical (unpaired) electrons. The molecule has 0 spiro atoms. The van der Waals surface area contributed by atoms with Gasteiger partial charge in [0.05, 0.1) is 79.8 Å². The van der Waals surface area contributed by atoms with E-state index in [1.807, 2.05) is 30.3 Å². The number of aliphatic hydroxyl groups excluding tert-OH is 1. The summed E-state index contributed by atoms with van der Waals surface area (Å²) in [6.07, 6.45) is 1.65. The van der Waals surface area contributed by atoms with E-state index in [0.29, 0.717) is 78.4 Å². The molecule has 2 aromatic carbocycles. The van der Waals surface area contributed by atoms with Crippen LogP contribution in [-0.4, -0.2) is 96.6 Å². The lowest BCUT2D eigenvalue weighted by Gasteiger charge is -2.10. The SMILES string of the molecule is COc1ccc(CCc2cc(O)cc(OCCOCCOCCOCCOCCOCCO)c2)cc1. The van der Waals surface area contributed by atoms with E-state index >= 15 is 0 Å². The fourth-order valence-electron chi connectivity index (χ4n) is 3.22. The summed E-state index contributed by atoms with van der Waals surface area (Å²) in [5, 5.41) is 18.6. The molecule has 2 aromatic rings. The molecule has 36 heavy (non-hydrogen) atoms. The Labute approximate surface area is 213 Å². The molecule has 0 amide bonds. The van der Waals surface area contributed by atoms with E-state index in [4.69, 9.17) is 38.3 Å². The highest BCUT2D eigenvalue weighted by atomic mass is 16.6. The number of ether oxygens (including phenoxy) is 7. The monoisotopic (exact) mass is 508 g/mol. The lowest BCUT2D eigenvalue weighted by atomic mass is 10.0. The Balaban J connectivity index is 1.45. The zero-order valence-electron chi connectivity index (χ0n) is 21.2. The quantitative estimate of drug-likeness (QED) is 0.232. The molecule has 0 unspecified atom stereocenters. The van der Waals surface area contributed by atoms with Crippen molar-refractivity contribution in [1.29, 1.82) is 0 Å². The number of benzene rings is 2. The van der Waals surface area contributed by atoms with E-state index in [2.05, 4.69) is 0 Å². The van der Waals surface area contributed by atoms with Crippen LogP contribution in [0.4, 0.5) is 0 Å². The average Bonchev–Trinajstić information content (AvgIpc) is 2.89. The van der Waals surface area contributed by atoms with Crippen LogP contribution in [-0.2, 0) is 36.5 Å². The van der Waals surface area contributed by atoms with Gasteiger partial charge < -0.3 is 43.4 Å². The summed E-state index contributed by atoms with van der Waals surface area (Å²) < 4.78 is 37.7.